The van der Waals surface area contributed by atoms with Crippen LogP contribution in [0.5, 0.6) is 0 Å². The largest absolute Gasteiger partial charge is 0.349 e. The molecule has 0 radical (unpaired) electrons. The number of carbonyl (C=O) groups is 4. The molecule has 6 nitrogen and oxygen atoms in total. The molecule has 2 heterocycles. The van der Waals surface area contributed by atoms with Gasteiger partial charge in [-0.2, -0.15) is 0 Å². The van der Waals surface area contributed by atoms with Crippen molar-refractivity contribution in [3.05, 3.63) is 99.6 Å². The van der Waals surface area contributed by atoms with E-state index in [2.05, 4.69) is 13.8 Å². The Bertz CT molecular complexity index is 1470. The maximum absolute atomic E-state index is 14.0. The summed E-state index contributed by atoms with van der Waals surface area (Å²) in [6, 6.07) is 18.9. The Labute approximate surface area is 219 Å². The first-order chi connectivity index (χ1) is 17.7. The summed E-state index contributed by atoms with van der Waals surface area (Å²) in [7, 11) is 0. The Morgan fingerprint density at radius 3 is 2.05 bits per heavy atom. The van der Waals surface area contributed by atoms with Crippen LogP contribution in [0.25, 0.3) is 0 Å². The average Bonchev–Trinajstić information content (AvgIpc) is 3.46. The molecule has 1 aliphatic carbocycles. The van der Waals surface area contributed by atoms with Crippen LogP contribution in [0.1, 0.15) is 63.3 Å². The highest BCUT2D eigenvalue weighted by molar-refractivity contribution is 6.37. The highest BCUT2D eigenvalue weighted by atomic mass is 35.5. The third-order valence-electron chi connectivity index (χ3n) is 7.86. The van der Waals surface area contributed by atoms with E-state index >= 15 is 0 Å². The van der Waals surface area contributed by atoms with Gasteiger partial charge in [0.15, 0.2) is 0 Å². The molecule has 0 saturated carbocycles. The van der Waals surface area contributed by atoms with Gasteiger partial charge in [0.05, 0.1) is 23.6 Å². The van der Waals surface area contributed by atoms with Crippen LogP contribution in [0, 0.1) is 18.8 Å². The predicted molar refractivity (Wildman–Crippen MR) is 138 cm³/mol. The zero-order valence-corrected chi connectivity index (χ0v) is 21.3. The molecule has 0 unspecified atom stereocenters. The fourth-order valence-corrected chi connectivity index (χ4v) is 6.04. The fourth-order valence-electron chi connectivity index (χ4n) is 5.86. The Balaban J connectivity index is 1.52. The smallest absolute Gasteiger partial charge is 0.241 e. The number of carbonyl (C=O) groups excluding carboxylic acids is 4. The number of halogens is 1. The number of benzene rings is 3. The molecule has 37 heavy (non-hydrogen) atoms. The molecule has 2 aliphatic heterocycles. The molecule has 0 aromatic heterocycles. The minimum atomic E-state index is -2.09. The minimum Gasteiger partial charge on any atom is -0.349 e. The van der Waals surface area contributed by atoms with Gasteiger partial charge in [-0.25, -0.2) is 4.90 Å². The van der Waals surface area contributed by atoms with Gasteiger partial charge in [-0.3, -0.25) is 19.2 Å². The van der Waals surface area contributed by atoms with Crippen molar-refractivity contribution in [3.63, 3.8) is 0 Å². The van der Waals surface area contributed by atoms with E-state index in [0.717, 1.165) is 16.0 Å². The topological polar surface area (TPSA) is 80.8 Å². The average molecular weight is 514 g/mol. The molecule has 2 fully saturated rings. The van der Waals surface area contributed by atoms with E-state index in [1.807, 2.05) is 31.2 Å². The number of nitrogens with zero attached hydrogens (tertiary/aromatic N) is 1. The number of ketones is 2. The van der Waals surface area contributed by atoms with Gasteiger partial charge in [0, 0.05) is 16.1 Å². The quantitative estimate of drug-likeness (QED) is 0.343. The van der Waals surface area contributed by atoms with Crippen molar-refractivity contribution in [1.82, 2.24) is 0 Å². The van der Waals surface area contributed by atoms with E-state index in [9.17, 15) is 19.2 Å². The third kappa shape index (κ3) is 3.15. The van der Waals surface area contributed by atoms with Crippen LogP contribution in [0.3, 0.4) is 0 Å². The second-order valence-electron chi connectivity index (χ2n) is 10.2. The zero-order chi connectivity index (χ0) is 26.2. The van der Waals surface area contributed by atoms with Gasteiger partial charge in [-0.15, -0.1) is 0 Å². The van der Waals surface area contributed by atoms with Gasteiger partial charge in [0.2, 0.25) is 29.0 Å². The van der Waals surface area contributed by atoms with Crippen molar-refractivity contribution in [2.75, 3.05) is 4.90 Å². The number of amides is 2. The maximum Gasteiger partial charge on any atom is 0.241 e. The molecule has 2 saturated heterocycles. The predicted octanol–water partition coefficient (Wildman–Crippen LogP) is 5.47. The Morgan fingerprint density at radius 1 is 0.865 bits per heavy atom. The standard InChI is InChI=1S/C30H24ClNO5/c1-15(2)17-9-11-18(12-10-17)25-23-24(29(36)32(28(23)35)19-13-8-16(3)22(31)14-19)30(37-25)26(33)20-6-4-5-7-21(20)27(30)34/h4-15,23-25H,1-3H3/t23-,24+,25+/m0/s1. The Morgan fingerprint density at radius 2 is 1.49 bits per heavy atom. The molecule has 0 bridgehead atoms. The molecule has 3 aromatic rings. The first-order valence-corrected chi connectivity index (χ1v) is 12.6. The zero-order valence-electron chi connectivity index (χ0n) is 20.5. The molecular formula is C30H24ClNO5. The summed E-state index contributed by atoms with van der Waals surface area (Å²) in [6.07, 6.45) is -0.948. The molecular weight excluding hydrogens is 490 g/mol. The van der Waals surface area contributed by atoms with Gasteiger partial charge in [-0.05, 0) is 41.7 Å². The second kappa shape index (κ2) is 8.20. The fraction of sp³-hybridized carbons (Fsp3) is 0.267. The lowest BCUT2D eigenvalue weighted by Gasteiger charge is -2.27. The lowest BCUT2D eigenvalue weighted by molar-refractivity contribution is -0.127. The first-order valence-electron chi connectivity index (χ1n) is 12.3. The number of aryl methyl sites for hydroxylation is 1. The van der Waals surface area contributed by atoms with Crippen LogP contribution < -0.4 is 4.90 Å². The molecule has 7 heteroatoms. The number of hydrogen-bond donors (Lipinski definition) is 0. The molecule has 3 aliphatic rings. The minimum absolute atomic E-state index is 0.208. The van der Waals surface area contributed by atoms with Crippen molar-refractivity contribution in [1.29, 1.82) is 0 Å². The van der Waals surface area contributed by atoms with E-state index in [4.69, 9.17) is 16.3 Å². The summed E-state index contributed by atoms with van der Waals surface area (Å²) < 4.78 is 6.34. The van der Waals surface area contributed by atoms with Crippen LogP contribution in [0.2, 0.25) is 5.02 Å². The van der Waals surface area contributed by atoms with Crippen LogP contribution in [0.15, 0.2) is 66.7 Å². The summed E-state index contributed by atoms with van der Waals surface area (Å²) in [6.45, 7) is 5.97. The van der Waals surface area contributed by atoms with E-state index in [-0.39, 0.29) is 11.1 Å². The van der Waals surface area contributed by atoms with Crippen LogP contribution in [-0.2, 0) is 14.3 Å². The van der Waals surface area contributed by atoms with Gasteiger partial charge in [-0.1, -0.05) is 80.0 Å². The highest BCUT2D eigenvalue weighted by Crippen LogP contribution is 2.57. The summed E-state index contributed by atoms with van der Waals surface area (Å²) >= 11 is 6.32. The van der Waals surface area contributed by atoms with E-state index < -0.39 is 46.9 Å². The van der Waals surface area contributed by atoms with Gasteiger partial charge in [0.25, 0.3) is 0 Å². The lowest BCUT2D eigenvalue weighted by atomic mass is 9.77. The van der Waals surface area contributed by atoms with Crippen molar-refractivity contribution in [2.24, 2.45) is 11.8 Å². The normalized spacial score (nSPS) is 23.9. The van der Waals surface area contributed by atoms with Gasteiger partial charge < -0.3 is 4.74 Å². The Kier molecular flexibility index (Phi) is 5.27. The molecule has 1 spiro atoms. The number of imide groups is 1. The molecule has 3 atom stereocenters. The van der Waals surface area contributed by atoms with Crippen LogP contribution >= 0.6 is 11.6 Å². The molecule has 6 rings (SSSR count). The number of rotatable bonds is 3. The molecule has 2 amide bonds. The summed E-state index contributed by atoms with van der Waals surface area (Å²) in [5.41, 5.74) is 1.16. The molecule has 0 N–H and O–H groups in total. The van der Waals surface area contributed by atoms with Crippen molar-refractivity contribution in [3.8, 4) is 0 Å². The van der Waals surface area contributed by atoms with Crippen LogP contribution in [-0.4, -0.2) is 29.0 Å². The number of hydrogen-bond acceptors (Lipinski definition) is 5. The van der Waals surface area contributed by atoms with Gasteiger partial charge in [0.1, 0.15) is 0 Å². The maximum atomic E-state index is 14.0. The third-order valence-corrected chi connectivity index (χ3v) is 8.27. The van der Waals surface area contributed by atoms with Crippen molar-refractivity contribution < 1.29 is 23.9 Å². The van der Waals surface area contributed by atoms with E-state index in [0.29, 0.717) is 22.2 Å². The van der Waals surface area contributed by atoms with E-state index in [1.165, 1.54) is 0 Å². The summed E-state index contributed by atoms with van der Waals surface area (Å²) in [5, 5.41) is 0.405. The summed E-state index contributed by atoms with van der Waals surface area (Å²) in [5.74, 6) is -4.33. The molecule has 3 aromatic carbocycles. The number of anilines is 1. The Hall–Kier alpha value is -3.61. The summed E-state index contributed by atoms with van der Waals surface area (Å²) in [4.78, 5) is 56.7. The van der Waals surface area contributed by atoms with Crippen molar-refractivity contribution >= 4 is 40.7 Å². The highest BCUT2D eigenvalue weighted by Gasteiger charge is 2.74. The second-order valence-corrected chi connectivity index (χ2v) is 10.7. The number of ether oxygens (including phenoxy) is 1. The van der Waals surface area contributed by atoms with E-state index in [1.54, 1.807) is 42.5 Å². The lowest BCUT2D eigenvalue weighted by Crippen LogP contribution is -2.51. The van der Waals surface area contributed by atoms with Crippen LogP contribution in [0.4, 0.5) is 5.69 Å². The van der Waals surface area contributed by atoms with Crippen molar-refractivity contribution in [2.45, 2.75) is 38.4 Å². The first kappa shape index (κ1) is 23.8. The molecule has 186 valence electrons. The monoisotopic (exact) mass is 513 g/mol. The van der Waals surface area contributed by atoms with Gasteiger partial charge >= 0.3 is 0 Å². The number of Topliss-reactive ketones (excluding diaryl/α,β-unsaturated/α-hetero) is 2. The number of fused-ring (bicyclic) bond motifs is 3. The SMILES string of the molecule is Cc1ccc(N2C(=O)[C@@H]3[C@@H](c4ccc(C(C)C)cc4)OC4(C(=O)c5ccccc5C4=O)[C@H]3C2=O)cc1Cl.